The van der Waals surface area contributed by atoms with Gasteiger partial charge in [-0.2, -0.15) is 0 Å². The second-order valence-electron chi connectivity index (χ2n) is 8.19. The molecule has 0 aliphatic heterocycles. The van der Waals surface area contributed by atoms with Gasteiger partial charge in [-0.05, 0) is 25.7 Å². The van der Waals surface area contributed by atoms with Gasteiger partial charge in [0.2, 0.25) is 0 Å². The molecule has 4 nitrogen and oxygen atoms in total. The molecule has 0 bridgehead atoms. The van der Waals surface area contributed by atoms with E-state index in [1.54, 1.807) is 0 Å². The number of hydrogen-bond donors (Lipinski definition) is 0. The smallest absolute Gasteiger partial charge is 0.550 e. The molecule has 0 aromatic heterocycles. The number of aliphatic carboxylic acids is 2. The first-order valence-corrected chi connectivity index (χ1v) is 13.4. The molecule has 33 heavy (non-hydrogen) atoms. The van der Waals surface area contributed by atoms with Crippen molar-refractivity contribution in [3.63, 3.8) is 0 Å². The van der Waals surface area contributed by atoms with Gasteiger partial charge in [0, 0.05) is 11.9 Å². The summed E-state index contributed by atoms with van der Waals surface area (Å²) < 4.78 is 0. The minimum Gasteiger partial charge on any atom is -0.550 e. The van der Waals surface area contributed by atoms with Crippen LogP contribution in [0.15, 0.2) is 0 Å². The van der Waals surface area contributed by atoms with E-state index in [4.69, 9.17) is 0 Å². The summed E-state index contributed by atoms with van der Waals surface area (Å²) in [5.74, 6) is -1.83. The molecular weight excluding hydrogens is 519 g/mol. The zero-order valence-corrected chi connectivity index (χ0v) is 25.5. The zero-order chi connectivity index (χ0) is 25.3. The van der Waals surface area contributed by atoms with Gasteiger partial charge in [-0.3, -0.25) is 0 Å². The fraction of sp³-hybridized carbons (Fsp3) is 0.857. The maximum absolute atomic E-state index is 10.0. The normalized spacial score (nSPS) is 9.15. The Labute approximate surface area is 225 Å². The molecule has 0 saturated heterocycles. The summed E-state index contributed by atoms with van der Waals surface area (Å²) in [7, 11) is 0. The average molecular weight is 575 g/mol. The molecule has 0 aromatic rings. The van der Waals surface area contributed by atoms with Gasteiger partial charge in [0.1, 0.15) is 0 Å². The molecular formula is C28H56O4Sn. The maximum atomic E-state index is 10.0. The number of carboxylic acid groups (broad SMARTS) is 2. The van der Waals surface area contributed by atoms with Crippen LogP contribution in [-0.4, -0.2) is 35.8 Å². The summed E-state index contributed by atoms with van der Waals surface area (Å²) >= 11 is 0. The van der Waals surface area contributed by atoms with Gasteiger partial charge in [0.25, 0.3) is 0 Å². The summed E-state index contributed by atoms with van der Waals surface area (Å²) in [5.41, 5.74) is 0. The van der Waals surface area contributed by atoms with Gasteiger partial charge in [-0.25, -0.2) is 0 Å². The van der Waals surface area contributed by atoms with Crippen LogP contribution in [-0.2, 0) is 9.59 Å². The Morgan fingerprint density at radius 1 is 0.485 bits per heavy atom. The molecule has 0 fully saturated rings. The van der Waals surface area contributed by atoms with Gasteiger partial charge in [-0.1, -0.05) is 144 Å². The molecule has 0 rings (SSSR count). The largest absolute Gasteiger partial charge is 2.00 e. The molecule has 0 saturated carbocycles. The molecule has 0 N–H and O–H groups in total. The first-order valence-electron chi connectivity index (χ1n) is 13.4. The Hall–Kier alpha value is -0.261. The number of carbonyl (C=O) groups excluding carboxylic acids is 2. The molecule has 0 atom stereocenters. The predicted molar refractivity (Wildman–Crippen MR) is 142 cm³/mol. The molecule has 196 valence electrons. The van der Waals surface area contributed by atoms with Crippen LogP contribution in [0.25, 0.3) is 0 Å². The van der Waals surface area contributed by atoms with Crippen LogP contribution >= 0.6 is 0 Å². The number of carbonyl (C=O) groups is 2. The number of hydrogen-bond acceptors (Lipinski definition) is 4. The van der Waals surface area contributed by atoms with Crippen LogP contribution < -0.4 is 10.2 Å². The third kappa shape index (κ3) is 72.0. The molecule has 4 radical (unpaired) electrons. The summed E-state index contributed by atoms with van der Waals surface area (Å²) in [6.45, 7) is 15.8. The third-order valence-corrected chi connectivity index (χ3v) is 4.68. The van der Waals surface area contributed by atoms with E-state index >= 15 is 0 Å². The quantitative estimate of drug-likeness (QED) is 0.136. The van der Waals surface area contributed by atoms with Gasteiger partial charge in [0.05, 0.1) is 0 Å². The Kier molecular flexibility index (Phi) is 58.8. The SMILES string of the molecule is CCCCCCCCCC(=O)[O-].CCCCCCCCCC(=O)[O-].[CH2]CCC.[CH2]CCC.[Sn+2]. The van der Waals surface area contributed by atoms with E-state index in [1.165, 1.54) is 77.0 Å². The van der Waals surface area contributed by atoms with E-state index in [0.717, 1.165) is 38.5 Å². The summed E-state index contributed by atoms with van der Waals surface area (Å²) in [6, 6.07) is 0. The Bertz CT molecular complexity index is 300. The molecule has 0 aromatic carbocycles. The van der Waals surface area contributed by atoms with E-state index in [0.29, 0.717) is 0 Å². The molecule has 0 heterocycles. The summed E-state index contributed by atoms with van der Waals surface area (Å²) in [4.78, 5) is 20.0. The Balaban J connectivity index is -0.000000117. The number of carboxylic acids is 2. The van der Waals surface area contributed by atoms with Crippen molar-refractivity contribution < 1.29 is 19.8 Å². The van der Waals surface area contributed by atoms with Gasteiger partial charge < -0.3 is 19.8 Å². The molecule has 0 unspecified atom stereocenters. The van der Waals surface area contributed by atoms with Crippen LogP contribution in [0.1, 0.15) is 156 Å². The third-order valence-electron chi connectivity index (χ3n) is 4.68. The molecule has 0 aliphatic rings. The van der Waals surface area contributed by atoms with Crippen LogP contribution in [0, 0.1) is 13.8 Å². The van der Waals surface area contributed by atoms with Crippen molar-refractivity contribution in [2.24, 2.45) is 0 Å². The van der Waals surface area contributed by atoms with Crippen LogP contribution in [0.4, 0.5) is 0 Å². The number of rotatable bonds is 18. The van der Waals surface area contributed by atoms with E-state index in [2.05, 4.69) is 41.5 Å². The standard InChI is InChI=1S/2C10H20O2.2C4H9.Sn/c2*1-2-3-4-5-6-7-8-9-10(11)12;2*1-3-4-2;/h2*2-9H2,1H3,(H,11,12);2*1,3-4H2,2H3;/q;;;;+2/p-2. The van der Waals surface area contributed by atoms with Crippen molar-refractivity contribution >= 4 is 35.8 Å². The van der Waals surface area contributed by atoms with Crippen LogP contribution in [0.5, 0.6) is 0 Å². The average Bonchev–Trinajstić information content (AvgIpc) is 2.78. The molecule has 0 amide bonds. The summed E-state index contributed by atoms with van der Waals surface area (Å²) in [5, 5.41) is 20.0. The van der Waals surface area contributed by atoms with Gasteiger partial charge in [0.15, 0.2) is 0 Å². The van der Waals surface area contributed by atoms with Crippen molar-refractivity contribution in [1.29, 1.82) is 0 Å². The first-order chi connectivity index (χ1) is 15.4. The molecule has 0 aliphatic carbocycles. The zero-order valence-electron chi connectivity index (χ0n) is 22.7. The predicted octanol–water partition coefficient (Wildman–Crippen LogP) is 6.61. The van der Waals surface area contributed by atoms with Crippen molar-refractivity contribution in [1.82, 2.24) is 0 Å². The van der Waals surface area contributed by atoms with Crippen LogP contribution in [0.2, 0.25) is 0 Å². The van der Waals surface area contributed by atoms with Crippen molar-refractivity contribution in [3.05, 3.63) is 13.8 Å². The maximum Gasteiger partial charge on any atom is 2.00 e. The van der Waals surface area contributed by atoms with E-state index < -0.39 is 11.9 Å². The van der Waals surface area contributed by atoms with Crippen LogP contribution in [0.3, 0.4) is 0 Å². The van der Waals surface area contributed by atoms with Crippen molar-refractivity contribution in [2.45, 2.75) is 156 Å². The monoisotopic (exact) mass is 576 g/mol. The van der Waals surface area contributed by atoms with E-state index in [9.17, 15) is 19.8 Å². The van der Waals surface area contributed by atoms with E-state index in [1.807, 2.05) is 0 Å². The van der Waals surface area contributed by atoms with E-state index in [-0.39, 0.29) is 36.7 Å². The number of unbranched alkanes of at least 4 members (excludes halogenated alkanes) is 14. The fourth-order valence-electron chi connectivity index (χ4n) is 2.45. The second-order valence-corrected chi connectivity index (χ2v) is 8.19. The summed E-state index contributed by atoms with van der Waals surface area (Å²) in [6.07, 6.45) is 21.2. The van der Waals surface area contributed by atoms with Gasteiger partial charge in [-0.15, -0.1) is 0 Å². The van der Waals surface area contributed by atoms with Crippen molar-refractivity contribution in [3.8, 4) is 0 Å². The Morgan fingerprint density at radius 2 is 0.697 bits per heavy atom. The van der Waals surface area contributed by atoms with Crippen molar-refractivity contribution in [2.75, 3.05) is 0 Å². The second kappa shape index (κ2) is 45.3. The van der Waals surface area contributed by atoms with Gasteiger partial charge >= 0.3 is 23.9 Å². The molecule has 0 spiro atoms. The fourth-order valence-corrected chi connectivity index (χ4v) is 2.45. The topological polar surface area (TPSA) is 80.3 Å². The molecule has 5 heteroatoms. The minimum atomic E-state index is -0.913. The Morgan fingerprint density at radius 3 is 0.879 bits per heavy atom. The minimum absolute atomic E-state index is 0. The first kappa shape index (κ1) is 42.9.